The molecule has 0 saturated carbocycles. The van der Waals surface area contributed by atoms with Gasteiger partial charge in [-0.05, 0) is 13.8 Å². The molecule has 6 nitrogen and oxygen atoms in total. The Labute approximate surface area is 87.5 Å². The number of fused-ring (bicyclic) bond motifs is 1. The Hall–Kier alpha value is -1.85. The molecule has 0 unspecified atom stereocenters. The van der Waals surface area contributed by atoms with Crippen LogP contribution in [0.15, 0.2) is 6.33 Å². The monoisotopic (exact) mass is 206 g/mol. The molecule has 15 heavy (non-hydrogen) atoms. The summed E-state index contributed by atoms with van der Waals surface area (Å²) in [7, 11) is 1.80. The van der Waals surface area contributed by atoms with Crippen molar-refractivity contribution < 1.29 is 0 Å². The molecule has 3 N–H and O–H groups in total. The lowest BCUT2D eigenvalue weighted by molar-refractivity contribution is 0.548. The first kappa shape index (κ1) is 9.70. The van der Waals surface area contributed by atoms with Crippen molar-refractivity contribution in [1.82, 2.24) is 19.7 Å². The van der Waals surface area contributed by atoms with Crippen molar-refractivity contribution in [3.05, 3.63) is 6.33 Å². The molecule has 2 aromatic rings. The van der Waals surface area contributed by atoms with Crippen LogP contribution in [0.1, 0.15) is 19.9 Å². The first-order chi connectivity index (χ1) is 7.15. The Bertz CT molecular complexity index is 487. The SMILES string of the molecule is CNc1nn(C(C)C)c2ncnc(N)c12. The zero-order valence-corrected chi connectivity index (χ0v) is 9.02. The van der Waals surface area contributed by atoms with Crippen LogP contribution in [0.4, 0.5) is 11.6 Å². The van der Waals surface area contributed by atoms with E-state index >= 15 is 0 Å². The van der Waals surface area contributed by atoms with Crippen molar-refractivity contribution in [2.45, 2.75) is 19.9 Å². The summed E-state index contributed by atoms with van der Waals surface area (Å²) < 4.78 is 1.83. The normalized spacial score (nSPS) is 11.2. The lowest BCUT2D eigenvalue weighted by Gasteiger charge is -2.05. The summed E-state index contributed by atoms with van der Waals surface area (Å²) in [6.45, 7) is 4.09. The maximum absolute atomic E-state index is 5.80. The molecule has 0 atom stereocenters. The van der Waals surface area contributed by atoms with Crippen molar-refractivity contribution in [2.24, 2.45) is 0 Å². The molecule has 0 aliphatic carbocycles. The van der Waals surface area contributed by atoms with E-state index in [4.69, 9.17) is 5.73 Å². The van der Waals surface area contributed by atoms with Crippen LogP contribution in [0.5, 0.6) is 0 Å². The number of nitrogens with zero attached hydrogens (tertiary/aromatic N) is 4. The fraction of sp³-hybridized carbons (Fsp3) is 0.444. The largest absolute Gasteiger partial charge is 0.383 e. The van der Waals surface area contributed by atoms with Crippen molar-refractivity contribution >= 4 is 22.7 Å². The highest BCUT2D eigenvalue weighted by Crippen LogP contribution is 2.26. The smallest absolute Gasteiger partial charge is 0.165 e. The Balaban J connectivity index is 2.81. The van der Waals surface area contributed by atoms with Gasteiger partial charge in [-0.1, -0.05) is 0 Å². The minimum absolute atomic E-state index is 0.240. The highest BCUT2D eigenvalue weighted by molar-refractivity contribution is 5.95. The predicted octanol–water partition coefficient (Wildman–Crippen LogP) is 1.03. The summed E-state index contributed by atoms with van der Waals surface area (Å²) in [5.41, 5.74) is 6.57. The number of nitrogens with two attached hydrogens (primary N) is 1. The lowest BCUT2D eigenvalue weighted by atomic mass is 10.3. The molecule has 0 saturated heterocycles. The second-order valence-electron chi connectivity index (χ2n) is 3.59. The fourth-order valence-electron chi connectivity index (χ4n) is 1.53. The number of nitrogens with one attached hydrogen (secondary N) is 1. The van der Waals surface area contributed by atoms with E-state index in [0.29, 0.717) is 5.82 Å². The lowest BCUT2D eigenvalue weighted by Crippen LogP contribution is -2.04. The van der Waals surface area contributed by atoms with Crippen LogP contribution >= 0.6 is 0 Å². The van der Waals surface area contributed by atoms with Crippen molar-refractivity contribution in [3.8, 4) is 0 Å². The Morgan fingerprint density at radius 1 is 1.40 bits per heavy atom. The molecule has 0 bridgehead atoms. The molecule has 0 aliphatic rings. The molecule has 0 radical (unpaired) electrons. The van der Waals surface area contributed by atoms with Crippen LogP contribution in [-0.4, -0.2) is 26.8 Å². The predicted molar refractivity (Wildman–Crippen MR) is 59.7 cm³/mol. The molecule has 2 rings (SSSR count). The van der Waals surface area contributed by atoms with E-state index in [1.165, 1.54) is 6.33 Å². The first-order valence-corrected chi connectivity index (χ1v) is 4.81. The summed E-state index contributed by atoms with van der Waals surface area (Å²) in [5.74, 6) is 1.17. The highest BCUT2D eigenvalue weighted by Gasteiger charge is 2.15. The van der Waals surface area contributed by atoms with Gasteiger partial charge in [0, 0.05) is 13.1 Å². The summed E-state index contributed by atoms with van der Waals surface area (Å²) in [6.07, 6.45) is 1.46. The van der Waals surface area contributed by atoms with Gasteiger partial charge >= 0.3 is 0 Å². The third-order valence-electron chi connectivity index (χ3n) is 2.24. The Morgan fingerprint density at radius 2 is 2.13 bits per heavy atom. The van der Waals surface area contributed by atoms with E-state index in [-0.39, 0.29) is 6.04 Å². The summed E-state index contributed by atoms with van der Waals surface area (Å²) in [5, 5.41) is 8.17. The Morgan fingerprint density at radius 3 is 2.73 bits per heavy atom. The van der Waals surface area contributed by atoms with Gasteiger partial charge in [-0.25, -0.2) is 14.6 Å². The van der Waals surface area contributed by atoms with Crippen LogP contribution in [0.3, 0.4) is 0 Å². The highest BCUT2D eigenvalue weighted by atomic mass is 15.3. The molecule has 0 amide bonds. The van der Waals surface area contributed by atoms with Crippen LogP contribution in [0.2, 0.25) is 0 Å². The number of rotatable bonds is 2. The summed E-state index contributed by atoms with van der Waals surface area (Å²) in [6, 6.07) is 0.240. The first-order valence-electron chi connectivity index (χ1n) is 4.81. The van der Waals surface area contributed by atoms with E-state index in [1.54, 1.807) is 7.05 Å². The molecule has 0 fully saturated rings. The maximum atomic E-state index is 5.80. The van der Waals surface area contributed by atoms with Gasteiger partial charge < -0.3 is 11.1 Å². The second kappa shape index (κ2) is 3.38. The van der Waals surface area contributed by atoms with Crippen LogP contribution < -0.4 is 11.1 Å². The molecule has 2 aromatic heterocycles. The molecule has 6 heteroatoms. The number of hydrogen-bond donors (Lipinski definition) is 2. The van der Waals surface area contributed by atoms with Crippen molar-refractivity contribution in [1.29, 1.82) is 0 Å². The zero-order valence-electron chi connectivity index (χ0n) is 9.02. The average Bonchev–Trinajstić information content (AvgIpc) is 2.58. The van der Waals surface area contributed by atoms with E-state index < -0.39 is 0 Å². The number of aromatic nitrogens is 4. The third-order valence-corrected chi connectivity index (χ3v) is 2.24. The van der Waals surface area contributed by atoms with Gasteiger partial charge in [0.15, 0.2) is 11.5 Å². The van der Waals surface area contributed by atoms with Crippen LogP contribution in [-0.2, 0) is 0 Å². The molecule has 0 spiro atoms. The fourth-order valence-corrected chi connectivity index (χ4v) is 1.53. The van der Waals surface area contributed by atoms with Crippen LogP contribution in [0.25, 0.3) is 11.0 Å². The van der Waals surface area contributed by atoms with Gasteiger partial charge in [0.05, 0.1) is 0 Å². The van der Waals surface area contributed by atoms with Gasteiger partial charge in [0.1, 0.15) is 17.5 Å². The third kappa shape index (κ3) is 1.38. The molecule has 0 aromatic carbocycles. The van der Waals surface area contributed by atoms with Crippen molar-refractivity contribution in [3.63, 3.8) is 0 Å². The quantitative estimate of drug-likeness (QED) is 0.767. The molecular weight excluding hydrogens is 192 g/mol. The molecule has 0 aliphatic heterocycles. The number of anilines is 2. The van der Waals surface area contributed by atoms with Crippen molar-refractivity contribution in [2.75, 3.05) is 18.1 Å². The summed E-state index contributed by atoms with van der Waals surface area (Å²) in [4.78, 5) is 8.16. The van der Waals surface area contributed by atoms with E-state index in [1.807, 2.05) is 18.5 Å². The molecule has 2 heterocycles. The van der Waals surface area contributed by atoms with Gasteiger partial charge in [-0.15, -0.1) is 0 Å². The standard InChI is InChI=1S/C9H14N6/c1-5(2)15-9-6(8(11-3)14-15)7(10)12-4-13-9/h4-5H,1-3H3,(H,11,14)(H2,10,12,13). The zero-order chi connectivity index (χ0) is 11.0. The molecular formula is C9H14N6. The topological polar surface area (TPSA) is 81.7 Å². The summed E-state index contributed by atoms with van der Waals surface area (Å²) >= 11 is 0. The second-order valence-corrected chi connectivity index (χ2v) is 3.59. The number of nitrogen functional groups attached to an aromatic ring is 1. The minimum Gasteiger partial charge on any atom is -0.383 e. The van der Waals surface area contributed by atoms with Gasteiger partial charge in [0.2, 0.25) is 0 Å². The minimum atomic E-state index is 0.240. The Kier molecular flexibility index (Phi) is 2.18. The number of hydrogen-bond acceptors (Lipinski definition) is 5. The van der Waals surface area contributed by atoms with Gasteiger partial charge in [-0.3, -0.25) is 0 Å². The molecule has 80 valence electrons. The van der Waals surface area contributed by atoms with E-state index in [9.17, 15) is 0 Å². The average molecular weight is 206 g/mol. The van der Waals surface area contributed by atoms with E-state index in [0.717, 1.165) is 16.9 Å². The maximum Gasteiger partial charge on any atom is 0.165 e. The van der Waals surface area contributed by atoms with E-state index in [2.05, 4.69) is 20.4 Å². The van der Waals surface area contributed by atoms with Gasteiger partial charge in [0.25, 0.3) is 0 Å². The van der Waals surface area contributed by atoms with Crippen LogP contribution in [0, 0.1) is 0 Å². The van der Waals surface area contributed by atoms with Gasteiger partial charge in [-0.2, -0.15) is 5.10 Å².